The van der Waals surface area contributed by atoms with Crippen molar-refractivity contribution in [2.75, 3.05) is 13.1 Å². The molecule has 2 heterocycles. The Morgan fingerprint density at radius 1 is 1.10 bits per heavy atom. The summed E-state index contributed by atoms with van der Waals surface area (Å²) in [4.78, 5) is 48.9. The third-order valence-electron chi connectivity index (χ3n) is 3.09. The van der Waals surface area contributed by atoms with E-state index in [1.807, 2.05) is 13.8 Å². The Morgan fingerprint density at radius 2 is 1.65 bits per heavy atom. The molecule has 0 aromatic heterocycles. The zero-order valence-corrected chi connectivity index (χ0v) is 12.2. The molecule has 7 heteroatoms. The maximum atomic E-state index is 12.1. The lowest BCUT2D eigenvalue weighted by atomic mass is 10.3. The minimum atomic E-state index is -0.401. The van der Waals surface area contributed by atoms with Gasteiger partial charge in [-0.2, -0.15) is 0 Å². The molecule has 1 atom stereocenters. The fraction of sp³-hybridized carbons (Fsp3) is 0.538. The van der Waals surface area contributed by atoms with Crippen LogP contribution in [0, 0.1) is 0 Å². The second-order valence-corrected chi connectivity index (χ2v) is 6.71. The summed E-state index contributed by atoms with van der Waals surface area (Å²) in [6, 6.07) is 0. The summed E-state index contributed by atoms with van der Waals surface area (Å²) >= 11 is 1.46. The molecular formula is C13H16N2O4S. The Bertz CT molecular complexity index is 483. The second kappa shape index (κ2) is 5.78. The molecule has 20 heavy (non-hydrogen) atoms. The van der Waals surface area contributed by atoms with Crippen LogP contribution >= 0.6 is 11.8 Å². The molecule has 1 saturated heterocycles. The Kier molecular flexibility index (Phi) is 4.27. The molecule has 6 nitrogen and oxygen atoms in total. The Balaban J connectivity index is 1.93. The van der Waals surface area contributed by atoms with E-state index in [-0.39, 0.29) is 41.8 Å². The topological polar surface area (TPSA) is 74.8 Å². The molecule has 0 aromatic carbocycles. The first-order valence-electron chi connectivity index (χ1n) is 6.43. The number of amides is 4. The van der Waals surface area contributed by atoms with E-state index in [0.717, 1.165) is 9.80 Å². The van der Waals surface area contributed by atoms with Gasteiger partial charge in [0.25, 0.3) is 11.8 Å². The molecule has 0 saturated carbocycles. The summed E-state index contributed by atoms with van der Waals surface area (Å²) in [6.07, 6.45) is 2.57. The van der Waals surface area contributed by atoms with Crippen molar-refractivity contribution in [3.8, 4) is 0 Å². The number of hydrogen-bond acceptors (Lipinski definition) is 5. The lowest BCUT2D eigenvalue weighted by Crippen LogP contribution is -2.41. The number of carbonyl (C=O) groups excluding carboxylic acids is 4. The minimum Gasteiger partial charge on any atom is -0.280 e. The SMILES string of the molecule is CC(C)SC1CC(=O)N(CCN2C(=O)C=CC2=O)C1=O. The van der Waals surface area contributed by atoms with E-state index in [0.29, 0.717) is 0 Å². The summed E-state index contributed by atoms with van der Waals surface area (Å²) in [7, 11) is 0. The number of nitrogens with zero attached hydrogens (tertiary/aromatic N) is 2. The van der Waals surface area contributed by atoms with E-state index in [9.17, 15) is 19.2 Å². The van der Waals surface area contributed by atoms with Crippen LogP contribution in [0.1, 0.15) is 20.3 Å². The van der Waals surface area contributed by atoms with Crippen LogP contribution in [0.2, 0.25) is 0 Å². The van der Waals surface area contributed by atoms with Crippen molar-refractivity contribution < 1.29 is 19.2 Å². The van der Waals surface area contributed by atoms with Gasteiger partial charge in [0.15, 0.2) is 0 Å². The molecule has 108 valence electrons. The molecule has 2 aliphatic rings. The molecule has 0 N–H and O–H groups in total. The van der Waals surface area contributed by atoms with Crippen molar-refractivity contribution >= 4 is 35.4 Å². The highest BCUT2D eigenvalue weighted by molar-refractivity contribution is 8.01. The fourth-order valence-electron chi connectivity index (χ4n) is 2.17. The van der Waals surface area contributed by atoms with Gasteiger partial charge in [-0.15, -0.1) is 11.8 Å². The van der Waals surface area contributed by atoms with Gasteiger partial charge in [-0.25, -0.2) is 0 Å². The van der Waals surface area contributed by atoms with Gasteiger partial charge >= 0.3 is 0 Å². The lowest BCUT2D eigenvalue weighted by Gasteiger charge is -2.19. The smallest absolute Gasteiger partial charge is 0.253 e. The van der Waals surface area contributed by atoms with Crippen LogP contribution in [-0.4, -0.2) is 57.0 Å². The van der Waals surface area contributed by atoms with E-state index in [2.05, 4.69) is 0 Å². The minimum absolute atomic E-state index is 0.0568. The third kappa shape index (κ3) is 2.92. The number of thioether (sulfide) groups is 1. The monoisotopic (exact) mass is 296 g/mol. The van der Waals surface area contributed by atoms with E-state index >= 15 is 0 Å². The predicted octanol–water partition coefficient (Wildman–Crippen LogP) is 0.180. The van der Waals surface area contributed by atoms with Gasteiger partial charge in [0.2, 0.25) is 11.8 Å². The first-order valence-corrected chi connectivity index (χ1v) is 7.37. The zero-order valence-electron chi connectivity index (χ0n) is 11.4. The molecule has 4 amide bonds. The molecule has 0 aliphatic carbocycles. The van der Waals surface area contributed by atoms with Crippen LogP contribution in [0.5, 0.6) is 0 Å². The number of likely N-dealkylation sites (tertiary alicyclic amines) is 1. The van der Waals surface area contributed by atoms with Gasteiger partial charge in [-0.1, -0.05) is 13.8 Å². The highest BCUT2D eigenvalue weighted by atomic mass is 32.2. The molecule has 1 fully saturated rings. The first-order chi connectivity index (χ1) is 9.40. The van der Waals surface area contributed by atoms with E-state index in [4.69, 9.17) is 0 Å². The third-order valence-corrected chi connectivity index (χ3v) is 4.33. The number of carbonyl (C=O) groups is 4. The van der Waals surface area contributed by atoms with Gasteiger partial charge in [0.05, 0.1) is 5.25 Å². The molecule has 1 unspecified atom stereocenters. The van der Waals surface area contributed by atoms with Crippen molar-refractivity contribution in [2.24, 2.45) is 0 Å². The van der Waals surface area contributed by atoms with Crippen molar-refractivity contribution in [1.82, 2.24) is 9.80 Å². The molecule has 0 spiro atoms. The van der Waals surface area contributed by atoms with Crippen LogP contribution in [0.15, 0.2) is 12.2 Å². The maximum Gasteiger partial charge on any atom is 0.253 e. The van der Waals surface area contributed by atoms with Crippen LogP contribution in [0.3, 0.4) is 0 Å². The van der Waals surface area contributed by atoms with Gasteiger partial charge in [0, 0.05) is 31.7 Å². The van der Waals surface area contributed by atoms with E-state index in [1.165, 1.54) is 23.9 Å². The van der Waals surface area contributed by atoms with Crippen molar-refractivity contribution in [3.63, 3.8) is 0 Å². The molecule has 2 rings (SSSR count). The Labute approximate surface area is 121 Å². The quantitative estimate of drug-likeness (QED) is 0.677. The highest BCUT2D eigenvalue weighted by Crippen LogP contribution is 2.28. The van der Waals surface area contributed by atoms with Crippen LogP contribution in [-0.2, 0) is 19.2 Å². The number of rotatable bonds is 5. The van der Waals surface area contributed by atoms with Crippen molar-refractivity contribution in [1.29, 1.82) is 0 Å². The maximum absolute atomic E-state index is 12.1. The zero-order chi connectivity index (χ0) is 14.9. The lowest BCUT2D eigenvalue weighted by molar-refractivity contribution is -0.142. The summed E-state index contributed by atoms with van der Waals surface area (Å²) in [5.74, 6) is -1.26. The van der Waals surface area contributed by atoms with Crippen LogP contribution < -0.4 is 0 Å². The van der Waals surface area contributed by atoms with Gasteiger partial charge in [-0.05, 0) is 5.25 Å². The number of imide groups is 2. The number of hydrogen-bond donors (Lipinski definition) is 0. The van der Waals surface area contributed by atoms with Gasteiger partial charge in [-0.3, -0.25) is 29.0 Å². The largest absolute Gasteiger partial charge is 0.280 e. The standard InChI is InChI=1S/C13H16N2O4S/c1-8(2)20-9-7-12(18)15(13(9)19)6-5-14-10(16)3-4-11(14)17/h3-4,8-9H,5-7H2,1-2H3. The van der Waals surface area contributed by atoms with Gasteiger partial charge < -0.3 is 0 Å². The molecule has 0 radical (unpaired) electrons. The Morgan fingerprint density at radius 3 is 2.20 bits per heavy atom. The summed E-state index contributed by atoms with van der Waals surface area (Å²) < 4.78 is 0. The average molecular weight is 296 g/mol. The van der Waals surface area contributed by atoms with E-state index < -0.39 is 11.8 Å². The van der Waals surface area contributed by atoms with Crippen LogP contribution in [0.4, 0.5) is 0 Å². The van der Waals surface area contributed by atoms with Crippen molar-refractivity contribution in [3.05, 3.63) is 12.2 Å². The molecule has 2 aliphatic heterocycles. The fourth-order valence-corrected chi connectivity index (χ4v) is 3.31. The van der Waals surface area contributed by atoms with Crippen LogP contribution in [0.25, 0.3) is 0 Å². The highest BCUT2D eigenvalue weighted by Gasteiger charge is 2.39. The second-order valence-electron chi connectivity index (χ2n) is 4.92. The normalized spacial score (nSPS) is 22.9. The first kappa shape index (κ1) is 14.8. The van der Waals surface area contributed by atoms with Crippen molar-refractivity contribution in [2.45, 2.75) is 30.8 Å². The Hall–Kier alpha value is -1.63. The van der Waals surface area contributed by atoms with E-state index in [1.54, 1.807) is 0 Å². The summed E-state index contributed by atoms with van der Waals surface area (Å²) in [6.45, 7) is 4.07. The predicted molar refractivity (Wildman–Crippen MR) is 73.7 cm³/mol. The average Bonchev–Trinajstić information content (AvgIpc) is 2.80. The molecule has 0 aromatic rings. The molecule has 0 bridgehead atoms. The summed E-state index contributed by atoms with van der Waals surface area (Å²) in [5, 5.41) is -0.0757. The van der Waals surface area contributed by atoms with Gasteiger partial charge in [0.1, 0.15) is 0 Å². The molecular weight excluding hydrogens is 280 g/mol. The summed E-state index contributed by atoms with van der Waals surface area (Å²) in [5.41, 5.74) is 0.